The van der Waals surface area contributed by atoms with Crippen molar-refractivity contribution in [3.63, 3.8) is 0 Å². The van der Waals surface area contributed by atoms with E-state index in [1.165, 1.54) is 0 Å². The first-order chi connectivity index (χ1) is 7.88. The second-order valence-electron chi connectivity index (χ2n) is 3.67. The zero-order chi connectivity index (χ0) is 12.9. The molecule has 96 valence electrons. The maximum atomic E-state index is 11.9. The number of nitrogens with one attached hydrogen (secondary N) is 1. The van der Waals surface area contributed by atoms with E-state index in [0.717, 1.165) is 11.4 Å². The van der Waals surface area contributed by atoms with Crippen LogP contribution in [0.4, 0.5) is 24.5 Å². The summed E-state index contributed by atoms with van der Waals surface area (Å²) in [6.45, 7) is 0.293. The molecule has 0 unspecified atom stereocenters. The van der Waals surface area contributed by atoms with E-state index in [1.807, 2.05) is 43.3 Å². The highest BCUT2D eigenvalue weighted by atomic mass is 32.2. The number of anilines is 2. The smallest absolute Gasteiger partial charge is 0.384 e. The Morgan fingerprint density at radius 2 is 2.00 bits per heavy atom. The van der Waals surface area contributed by atoms with Crippen LogP contribution < -0.4 is 10.2 Å². The third-order valence-corrected chi connectivity index (χ3v) is 2.80. The average molecular weight is 264 g/mol. The van der Waals surface area contributed by atoms with Crippen LogP contribution in [0.15, 0.2) is 24.3 Å². The van der Waals surface area contributed by atoms with Gasteiger partial charge in [-0.25, -0.2) is 0 Å². The largest absolute Gasteiger partial charge is 0.441 e. The van der Waals surface area contributed by atoms with Crippen LogP contribution in [-0.2, 0) is 0 Å². The lowest BCUT2D eigenvalue weighted by molar-refractivity contribution is -0.0327. The maximum Gasteiger partial charge on any atom is 0.441 e. The van der Waals surface area contributed by atoms with Gasteiger partial charge in [0.05, 0.1) is 0 Å². The summed E-state index contributed by atoms with van der Waals surface area (Å²) in [4.78, 5) is 1.94. The molecule has 0 spiro atoms. The molecule has 2 nitrogen and oxygen atoms in total. The lowest BCUT2D eigenvalue weighted by Gasteiger charge is -2.14. The Bertz CT molecular complexity index is 353. The molecule has 0 aromatic heterocycles. The Morgan fingerprint density at radius 3 is 2.59 bits per heavy atom. The molecule has 1 N–H and O–H groups in total. The Kier molecular flexibility index (Phi) is 4.99. The normalized spacial score (nSPS) is 11.4. The predicted octanol–water partition coefficient (Wildman–Crippen LogP) is 3.42. The van der Waals surface area contributed by atoms with Gasteiger partial charge in [0.25, 0.3) is 0 Å². The number of benzene rings is 1. The molecule has 0 saturated heterocycles. The van der Waals surface area contributed by atoms with Crippen LogP contribution in [0.5, 0.6) is 0 Å². The van der Waals surface area contributed by atoms with Crippen molar-refractivity contribution in [3.8, 4) is 0 Å². The van der Waals surface area contributed by atoms with Crippen molar-refractivity contribution in [2.75, 3.05) is 36.6 Å². The summed E-state index contributed by atoms with van der Waals surface area (Å²) in [6, 6.07) is 7.55. The predicted molar refractivity (Wildman–Crippen MR) is 67.8 cm³/mol. The number of rotatable bonds is 5. The van der Waals surface area contributed by atoms with Gasteiger partial charge in [-0.1, -0.05) is 6.07 Å². The molecule has 0 fully saturated rings. The summed E-state index contributed by atoms with van der Waals surface area (Å²) < 4.78 is 35.6. The number of hydrogen-bond acceptors (Lipinski definition) is 3. The van der Waals surface area contributed by atoms with Crippen LogP contribution in [0, 0.1) is 0 Å². The molecule has 17 heavy (non-hydrogen) atoms. The fraction of sp³-hybridized carbons (Fsp3) is 0.455. The Balaban J connectivity index is 2.39. The van der Waals surface area contributed by atoms with E-state index < -0.39 is 5.51 Å². The van der Waals surface area contributed by atoms with Gasteiger partial charge in [0, 0.05) is 37.8 Å². The minimum atomic E-state index is -4.15. The molecule has 0 atom stereocenters. The Hall–Kier alpha value is -1.04. The van der Waals surface area contributed by atoms with E-state index in [1.54, 1.807) is 0 Å². The minimum Gasteiger partial charge on any atom is -0.384 e. The fourth-order valence-electron chi connectivity index (χ4n) is 1.26. The first-order valence-corrected chi connectivity index (χ1v) is 6.09. The van der Waals surface area contributed by atoms with E-state index in [4.69, 9.17) is 0 Å². The standard InChI is InChI=1S/C11H15F3N2S/c1-16(2)10-5-3-4-9(8-10)15-6-7-17-11(12,13)14/h3-5,8,15H,6-7H2,1-2H3. The van der Waals surface area contributed by atoms with Crippen LogP contribution in [0.3, 0.4) is 0 Å². The van der Waals surface area contributed by atoms with E-state index in [-0.39, 0.29) is 17.5 Å². The molecule has 6 heteroatoms. The Morgan fingerprint density at radius 1 is 1.29 bits per heavy atom. The quantitative estimate of drug-likeness (QED) is 0.820. The molecule has 0 heterocycles. The number of thioether (sulfide) groups is 1. The van der Waals surface area contributed by atoms with E-state index in [2.05, 4.69) is 5.32 Å². The zero-order valence-corrected chi connectivity index (χ0v) is 10.5. The van der Waals surface area contributed by atoms with Gasteiger partial charge in [-0.3, -0.25) is 0 Å². The molecule has 1 aromatic carbocycles. The van der Waals surface area contributed by atoms with Crippen molar-refractivity contribution < 1.29 is 13.2 Å². The van der Waals surface area contributed by atoms with Gasteiger partial charge in [-0.2, -0.15) is 13.2 Å². The van der Waals surface area contributed by atoms with E-state index in [0.29, 0.717) is 6.54 Å². The fourth-order valence-corrected chi connectivity index (χ4v) is 1.69. The molecular weight excluding hydrogens is 249 g/mol. The van der Waals surface area contributed by atoms with Gasteiger partial charge in [0.2, 0.25) is 0 Å². The molecular formula is C11H15F3N2S. The molecule has 0 saturated carbocycles. The van der Waals surface area contributed by atoms with Crippen molar-refractivity contribution in [1.29, 1.82) is 0 Å². The highest BCUT2D eigenvalue weighted by molar-refractivity contribution is 8.00. The summed E-state index contributed by atoms with van der Waals surface area (Å²) in [7, 11) is 3.83. The van der Waals surface area contributed by atoms with Crippen LogP contribution in [-0.4, -0.2) is 31.9 Å². The van der Waals surface area contributed by atoms with Crippen LogP contribution in [0.25, 0.3) is 0 Å². The highest BCUT2D eigenvalue weighted by Gasteiger charge is 2.27. The summed E-state index contributed by atoms with van der Waals surface area (Å²) in [5.41, 5.74) is -2.30. The molecule has 0 bridgehead atoms. The third-order valence-electron chi connectivity index (χ3n) is 2.06. The van der Waals surface area contributed by atoms with Gasteiger partial charge in [-0.05, 0) is 30.0 Å². The SMILES string of the molecule is CN(C)c1cccc(NCCSC(F)(F)F)c1. The molecule has 1 aromatic rings. The molecule has 0 radical (unpaired) electrons. The monoisotopic (exact) mass is 264 g/mol. The summed E-state index contributed by atoms with van der Waals surface area (Å²) >= 11 is -0.00960. The van der Waals surface area contributed by atoms with Gasteiger partial charge in [-0.15, -0.1) is 0 Å². The molecule has 0 aliphatic heterocycles. The summed E-state index contributed by atoms with van der Waals surface area (Å²) in [6.07, 6.45) is 0. The van der Waals surface area contributed by atoms with Gasteiger partial charge in [0.15, 0.2) is 0 Å². The first kappa shape index (κ1) is 14.0. The highest BCUT2D eigenvalue weighted by Crippen LogP contribution is 2.29. The van der Waals surface area contributed by atoms with Crippen molar-refractivity contribution in [2.45, 2.75) is 5.51 Å². The second kappa shape index (κ2) is 6.05. The van der Waals surface area contributed by atoms with Gasteiger partial charge < -0.3 is 10.2 Å². The molecule has 0 amide bonds. The van der Waals surface area contributed by atoms with Crippen molar-refractivity contribution in [2.24, 2.45) is 0 Å². The lowest BCUT2D eigenvalue weighted by atomic mass is 10.2. The maximum absolute atomic E-state index is 11.9. The number of halogens is 3. The van der Waals surface area contributed by atoms with Gasteiger partial charge in [0.1, 0.15) is 0 Å². The van der Waals surface area contributed by atoms with Crippen LogP contribution >= 0.6 is 11.8 Å². The average Bonchev–Trinajstić information content (AvgIpc) is 2.23. The topological polar surface area (TPSA) is 15.3 Å². The molecule has 1 rings (SSSR count). The van der Waals surface area contributed by atoms with Crippen molar-refractivity contribution in [1.82, 2.24) is 0 Å². The number of hydrogen-bond donors (Lipinski definition) is 1. The Labute approximate surface area is 103 Å². The summed E-state index contributed by atoms with van der Waals surface area (Å²) in [5, 5.41) is 2.96. The van der Waals surface area contributed by atoms with Crippen LogP contribution in [0.2, 0.25) is 0 Å². The van der Waals surface area contributed by atoms with Gasteiger partial charge >= 0.3 is 5.51 Å². The number of nitrogens with zero attached hydrogens (tertiary/aromatic N) is 1. The van der Waals surface area contributed by atoms with E-state index >= 15 is 0 Å². The van der Waals surface area contributed by atoms with Crippen molar-refractivity contribution in [3.05, 3.63) is 24.3 Å². The third kappa shape index (κ3) is 5.72. The van der Waals surface area contributed by atoms with Crippen molar-refractivity contribution >= 4 is 23.1 Å². The lowest BCUT2D eigenvalue weighted by Crippen LogP contribution is -2.11. The minimum absolute atomic E-state index is 0.00960. The second-order valence-corrected chi connectivity index (χ2v) is 4.83. The molecule has 0 aliphatic rings. The van der Waals surface area contributed by atoms with Crippen LogP contribution in [0.1, 0.15) is 0 Å². The number of alkyl halides is 3. The molecule has 0 aliphatic carbocycles. The zero-order valence-electron chi connectivity index (χ0n) is 9.71. The van der Waals surface area contributed by atoms with E-state index in [9.17, 15) is 13.2 Å². The summed E-state index contributed by atoms with van der Waals surface area (Å²) in [5.74, 6) is 0.00961. The first-order valence-electron chi connectivity index (χ1n) is 5.10.